The number of benzene rings is 1. The van der Waals surface area contributed by atoms with E-state index < -0.39 is 43.2 Å². The van der Waals surface area contributed by atoms with Crippen molar-refractivity contribution in [1.29, 1.82) is 0 Å². The van der Waals surface area contributed by atoms with Gasteiger partial charge in [-0.3, -0.25) is 10.3 Å². The summed E-state index contributed by atoms with van der Waals surface area (Å²) in [5, 5.41) is -0.343. The fourth-order valence-corrected chi connectivity index (χ4v) is 5.99. The summed E-state index contributed by atoms with van der Waals surface area (Å²) in [6.45, 7) is 8.87. The van der Waals surface area contributed by atoms with Crippen LogP contribution < -0.4 is 15.8 Å². The highest BCUT2D eigenvalue weighted by atomic mass is 32.2. The first-order chi connectivity index (χ1) is 13.6. The number of amidine groups is 1. The van der Waals surface area contributed by atoms with Crippen molar-refractivity contribution in [3.63, 3.8) is 0 Å². The van der Waals surface area contributed by atoms with Crippen molar-refractivity contribution >= 4 is 27.5 Å². The maximum atomic E-state index is 16.6. The molecule has 0 aliphatic carbocycles. The molecule has 2 aliphatic heterocycles. The van der Waals surface area contributed by atoms with Crippen LogP contribution in [0.5, 0.6) is 5.75 Å². The summed E-state index contributed by atoms with van der Waals surface area (Å²) in [6.07, 6.45) is -1.30. The Kier molecular flexibility index (Phi) is 4.89. The van der Waals surface area contributed by atoms with Gasteiger partial charge in [-0.15, -0.1) is 0 Å². The van der Waals surface area contributed by atoms with Gasteiger partial charge < -0.3 is 15.2 Å². The van der Waals surface area contributed by atoms with Crippen molar-refractivity contribution in [2.45, 2.75) is 68.9 Å². The number of fused-ring (bicyclic) bond motifs is 3. The molecule has 8 nitrogen and oxygen atoms in total. The number of aliphatic imine (C=N–C) groups is 1. The van der Waals surface area contributed by atoms with Gasteiger partial charge in [0.25, 0.3) is 0 Å². The zero-order valence-electron chi connectivity index (χ0n) is 18.0. The molecule has 166 valence electrons. The Labute approximate surface area is 175 Å². The molecule has 0 spiro atoms. The monoisotopic (exact) mass is 441 g/mol. The number of nitrogen functional groups attached to an aromatic ring is 1. The summed E-state index contributed by atoms with van der Waals surface area (Å²) in [4.78, 5) is 16.9. The molecule has 0 fully saturated rings. The van der Waals surface area contributed by atoms with Gasteiger partial charge in [-0.05, 0) is 59.7 Å². The number of nitrogens with two attached hydrogens (primary N) is 1. The lowest BCUT2D eigenvalue weighted by Crippen LogP contribution is -2.66. The molecule has 0 bridgehead atoms. The zero-order chi connectivity index (χ0) is 22.8. The van der Waals surface area contributed by atoms with Crippen LogP contribution in [0, 0.1) is 0 Å². The van der Waals surface area contributed by atoms with Gasteiger partial charge in [0.1, 0.15) is 27.5 Å². The predicted molar refractivity (Wildman–Crippen MR) is 112 cm³/mol. The van der Waals surface area contributed by atoms with E-state index in [1.807, 2.05) is 0 Å². The molecule has 0 saturated carbocycles. The summed E-state index contributed by atoms with van der Waals surface area (Å²) in [7, 11) is -4.53. The van der Waals surface area contributed by atoms with E-state index >= 15 is 4.39 Å². The molecule has 3 rings (SSSR count). The van der Waals surface area contributed by atoms with Crippen molar-refractivity contribution in [1.82, 2.24) is 5.32 Å². The topological polar surface area (TPSA) is 120 Å². The van der Waals surface area contributed by atoms with E-state index in [1.165, 1.54) is 26.8 Å². The van der Waals surface area contributed by atoms with Crippen molar-refractivity contribution in [3.05, 3.63) is 23.8 Å². The van der Waals surface area contributed by atoms with E-state index in [4.69, 9.17) is 15.2 Å². The molecule has 1 amide bonds. The Morgan fingerprint density at radius 3 is 2.53 bits per heavy atom. The van der Waals surface area contributed by atoms with Crippen LogP contribution in [0.2, 0.25) is 0 Å². The van der Waals surface area contributed by atoms with Gasteiger partial charge in [0.2, 0.25) is 5.00 Å². The first-order valence-corrected chi connectivity index (χ1v) is 11.1. The standard InChI is InChI=1S/C20H28FN3O5S/c1-17(2,3)29-16(25)23-15-18(4,5)30(26,27)20(21)9-10-28-14-8-7-12(22)11-13(14)19(20,6)24-15/h7-8,11H,9-10,22H2,1-6H3,(H,23,24,25)/t19-,20?/m1/s1. The average molecular weight is 442 g/mol. The van der Waals surface area contributed by atoms with Gasteiger partial charge in [0, 0.05) is 17.7 Å². The molecule has 2 aliphatic rings. The number of hydrogen-bond donors (Lipinski definition) is 2. The van der Waals surface area contributed by atoms with Crippen molar-refractivity contribution in [2.24, 2.45) is 4.99 Å². The first kappa shape index (κ1) is 22.3. The lowest BCUT2D eigenvalue weighted by molar-refractivity contribution is 0.0558. The van der Waals surface area contributed by atoms with Gasteiger partial charge in [0.15, 0.2) is 9.84 Å². The molecule has 1 unspecified atom stereocenters. The minimum absolute atomic E-state index is 0.150. The maximum Gasteiger partial charge on any atom is 0.413 e. The summed E-state index contributed by atoms with van der Waals surface area (Å²) >= 11 is 0. The maximum absolute atomic E-state index is 16.6. The van der Waals surface area contributed by atoms with Crippen LogP contribution in [0.4, 0.5) is 14.9 Å². The minimum Gasteiger partial charge on any atom is -0.493 e. The Balaban J connectivity index is 2.26. The fraction of sp³-hybridized carbons (Fsp3) is 0.600. The molecule has 0 radical (unpaired) electrons. The van der Waals surface area contributed by atoms with E-state index in [1.54, 1.807) is 32.9 Å². The predicted octanol–water partition coefficient (Wildman–Crippen LogP) is 3.06. The number of rotatable bonds is 0. The molecule has 10 heteroatoms. The van der Waals surface area contributed by atoms with E-state index in [9.17, 15) is 13.2 Å². The molecule has 1 aromatic carbocycles. The number of carbonyl (C=O) groups is 1. The summed E-state index contributed by atoms with van der Waals surface area (Å²) in [5.41, 5.74) is 3.70. The van der Waals surface area contributed by atoms with E-state index in [-0.39, 0.29) is 18.0 Å². The third-order valence-corrected chi connectivity index (χ3v) is 8.55. The van der Waals surface area contributed by atoms with E-state index in [0.717, 1.165) is 0 Å². The summed E-state index contributed by atoms with van der Waals surface area (Å²) in [5.74, 6) is 0.0873. The number of alkyl halides is 1. The highest BCUT2D eigenvalue weighted by Gasteiger charge is 2.69. The van der Waals surface area contributed by atoms with E-state index in [0.29, 0.717) is 11.4 Å². The lowest BCUT2D eigenvalue weighted by atomic mass is 9.84. The summed E-state index contributed by atoms with van der Waals surface area (Å²) < 4.78 is 52.8. The van der Waals surface area contributed by atoms with Gasteiger partial charge in [-0.25, -0.2) is 17.6 Å². The normalized spacial score (nSPS) is 29.4. The highest BCUT2D eigenvalue weighted by Crippen LogP contribution is 2.56. The molecular weight excluding hydrogens is 413 g/mol. The van der Waals surface area contributed by atoms with Crippen molar-refractivity contribution in [3.8, 4) is 5.75 Å². The quantitative estimate of drug-likeness (QED) is 0.597. The number of anilines is 1. The van der Waals surface area contributed by atoms with Gasteiger partial charge in [0.05, 0.1) is 6.61 Å². The number of carbonyl (C=O) groups excluding carboxylic acids is 1. The molecular formula is C20H28FN3O5S. The third-order valence-electron chi connectivity index (χ3n) is 5.56. The van der Waals surface area contributed by atoms with Crippen LogP contribution >= 0.6 is 0 Å². The molecule has 30 heavy (non-hydrogen) atoms. The van der Waals surface area contributed by atoms with Crippen LogP contribution in [-0.2, 0) is 20.1 Å². The first-order valence-electron chi connectivity index (χ1n) is 9.61. The molecule has 0 aromatic heterocycles. The highest BCUT2D eigenvalue weighted by molar-refractivity contribution is 7.94. The molecule has 1 aromatic rings. The van der Waals surface area contributed by atoms with Crippen LogP contribution in [0.25, 0.3) is 0 Å². The fourth-order valence-electron chi connectivity index (χ4n) is 3.80. The minimum atomic E-state index is -4.53. The van der Waals surface area contributed by atoms with Gasteiger partial charge in [-0.1, -0.05) is 0 Å². The van der Waals surface area contributed by atoms with Crippen molar-refractivity contribution in [2.75, 3.05) is 12.3 Å². The molecule has 3 N–H and O–H groups in total. The molecule has 2 heterocycles. The second kappa shape index (κ2) is 6.57. The van der Waals surface area contributed by atoms with E-state index in [2.05, 4.69) is 10.3 Å². The lowest BCUT2D eigenvalue weighted by Gasteiger charge is -2.47. The van der Waals surface area contributed by atoms with Crippen LogP contribution in [0.1, 0.15) is 53.5 Å². The summed E-state index contributed by atoms with van der Waals surface area (Å²) in [6, 6.07) is 4.60. The average Bonchev–Trinajstić information content (AvgIpc) is 2.69. The number of halogens is 1. The third kappa shape index (κ3) is 3.12. The molecule has 0 saturated heterocycles. The van der Waals surface area contributed by atoms with Crippen LogP contribution in [0.15, 0.2) is 23.2 Å². The Bertz CT molecular complexity index is 1030. The Morgan fingerprint density at radius 2 is 1.93 bits per heavy atom. The van der Waals surface area contributed by atoms with Crippen LogP contribution in [-0.4, -0.2) is 42.3 Å². The van der Waals surface area contributed by atoms with Gasteiger partial charge in [-0.2, -0.15) is 0 Å². The number of amides is 1. The number of nitrogens with one attached hydrogen (secondary N) is 1. The number of nitrogens with zero attached hydrogens (tertiary/aromatic N) is 1. The molecule has 2 atom stereocenters. The number of ether oxygens (including phenoxy) is 2. The van der Waals surface area contributed by atoms with Crippen LogP contribution in [0.3, 0.4) is 0 Å². The number of sulfone groups is 1. The smallest absolute Gasteiger partial charge is 0.413 e. The second-order valence-corrected chi connectivity index (χ2v) is 11.9. The second-order valence-electron chi connectivity index (χ2n) is 9.26. The Hall–Kier alpha value is -2.36. The number of alkyl carbamates (subject to hydrolysis) is 1. The largest absolute Gasteiger partial charge is 0.493 e. The van der Waals surface area contributed by atoms with Crippen molar-refractivity contribution < 1.29 is 27.1 Å². The zero-order valence-corrected chi connectivity index (χ0v) is 18.8. The van der Waals surface area contributed by atoms with Gasteiger partial charge >= 0.3 is 6.09 Å². The SMILES string of the molecule is CC(C)(C)OC(=O)NC1=N[C@]2(C)c3cc(N)ccc3OCCC2(F)S(=O)(=O)C1(C)C. The number of hydrogen-bond acceptors (Lipinski definition) is 7. The Morgan fingerprint density at radius 1 is 1.30 bits per heavy atom.